The first-order valence-electron chi connectivity index (χ1n) is 11.5. The molecule has 0 unspecified atom stereocenters. The molecule has 1 saturated carbocycles. The van der Waals surface area contributed by atoms with Crippen LogP contribution in [0.5, 0.6) is 0 Å². The van der Waals surface area contributed by atoms with Crippen molar-refractivity contribution >= 4 is 34.4 Å². The summed E-state index contributed by atoms with van der Waals surface area (Å²) < 4.78 is 5.79. The fourth-order valence-corrected chi connectivity index (χ4v) is 4.24. The third-order valence-corrected chi connectivity index (χ3v) is 6.17. The van der Waals surface area contributed by atoms with Gasteiger partial charge in [0.15, 0.2) is 5.58 Å². The highest BCUT2D eigenvalue weighted by molar-refractivity contribution is 6.13. The quantitative estimate of drug-likeness (QED) is 0.489. The van der Waals surface area contributed by atoms with Crippen LogP contribution in [-0.4, -0.2) is 46.3 Å². The smallest absolute Gasteiger partial charge is 0.294 e. The maximum Gasteiger partial charge on any atom is 0.294 e. The Labute approximate surface area is 198 Å². The molecule has 9 nitrogen and oxygen atoms in total. The summed E-state index contributed by atoms with van der Waals surface area (Å²) in [5.41, 5.74) is 7.68. The van der Waals surface area contributed by atoms with Gasteiger partial charge in [-0.05, 0) is 62.6 Å². The number of anilines is 2. The van der Waals surface area contributed by atoms with Gasteiger partial charge in [-0.2, -0.15) is 0 Å². The van der Waals surface area contributed by atoms with Gasteiger partial charge >= 0.3 is 0 Å². The van der Waals surface area contributed by atoms with Gasteiger partial charge in [0.1, 0.15) is 17.0 Å². The largest absolute Gasteiger partial charge is 0.447 e. The van der Waals surface area contributed by atoms with Gasteiger partial charge in [-0.3, -0.25) is 14.6 Å². The second-order valence-electron chi connectivity index (χ2n) is 8.61. The highest BCUT2D eigenvalue weighted by atomic mass is 16.3. The second-order valence-corrected chi connectivity index (χ2v) is 8.61. The molecule has 2 amide bonds. The number of fused-ring (bicyclic) bond motifs is 1. The number of rotatable bonds is 7. The predicted molar refractivity (Wildman–Crippen MR) is 131 cm³/mol. The topological polar surface area (TPSA) is 126 Å². The summed E-state index contributed by atoms with van der Waals surface area (Å²) >= 11 is 0. The van der Waals surface area contributed by atoms with Crippen molar-refractivity contribution in [2.75, 3.05) is 24.2 Å². The molecule has 0 aliphatic heterocycles. The normalized spacial score (nSPS) is 18.2. The maximum absolute atomic E-state index is 13.2. The van der Waals surface area contributed by atoms with Gasteiger partial charge in [0.25, 0.3) is 5.91 Å². The number of carbonyl (C=O) groups excluding carboxylic acids is 2. The number of nitrogens with two attached hydrogens (primary N) is 1. The summed E-state index contributed by atoms with van der Waals surface area (Å²) in [4.78, 5) is 36.9. The van der Waals surface area contributed by atoms with Crippen LogP contribution >= 0.6 is 0 Å². The number of nitrogens with zero attached hydrogens (tertiary/aromatic N) is 3. The number of hydrogen-bond donors (Lipinski definition) is 3. The fraction of sp³-hybridized carbons (Fsp3) is 0.360. The number of hydrogen-bond acceptors (Lipinski definition) is 7. The summed E-state index contributed by atoms with van der Waals surface area (Å²) in [5.74, 6) is -0.375. The lowest BCUT2D eigenvalue weighted by Gasteiger charge is -2.33. The van der Waals surface area contributed by atoms with E-state index in [1.165, 1.54) is 0 Å². The second kappa shape index (κ2) is 10.5. The predicted octanol–water partition coefficient (Wildman–Crippen LogP) is 3.69. The fourth-order valence-electron chi connectivity index (χ4n) is 4.24. The molecule has 0 aromatic carbocycles. The van der Waals surface area contributed by atoms with Gasteiger partial charge < -0.3 is 25.7 Å². The Bertz CT molecular complexity index is 1180. The number of pyridine rings is 2. The van der Waals surface area contributed by atoms with E-state index in [9.17, 15) is 9.59 Å². The zero-order valence-electron chi connectivity index (χ0n) is 19.5. The Morgan fingerprint density at radius 1 is 1.18 bits per heavy atom. The molecule has 0 spiro atoms. The van der Waals surface area contributed by atoms with Crippen LogP contribution in [0.1, 0.15) is 41.8 Å². The van der Waals surface area contributed by atoms with Crippen molar-refractivity contribution in [1.82, 2.24) is 14.9 Å². The number of aryl methyl sites for hydroxylation is 1. The van der Waals surface area contributed by atoms with Crippen molar-refractivity contribution in [1.29, 1.82) is 0 Å². The Balaban J connectivity index is 1.49. The molecule has 1 aliphatic carbocycles. The molecular formula is C25H30N6O3. The van der Waals surface area contributed by atoms with Gasteiger partial charge in [-0.1, -0.05) is 12.1 Å². The van der Waals surface area contributed by atoms with Gasteiger partial charge in [0, 0.05) is 37.9 Å². The molecule has 34 heavy (non-hydrogen) atoms. The highest BCUT2D eigenvalue weighted by Gasteiger charge is 2.30. The third kappa shape index (κ3) is 5.26. The van der Waals surface area contributed by atoms with Crippen molar-refractivity contribution < 1.29 is 14.0 Å². The zero-order valence-corrected chi connectivity index (χ0v) is 19.5. The standard InChI is InChI=1S/C25H30N6O3/c1-16-6-11-20(28-15-16)29-25(33)23-22(21-19(34-23)5-3-13-27-21)30-24(32)17-7-9-18(10-8-17)31(2)14-4-12-26/h3-6,11,13-15,17-18H,7-10,12,26H2,1-2H3,(H,30,32)(H,28,29,33)/b14-4+. The molecule has 4 rings (SSSR count). The summed E-state index contributed by atoms with van der Waals surface area (Å²) in [6, 6.07) is 7.38. The minimum absolute atomic E-state index is 0.00441. The lowest BCUT2D eigenvalue weighted by molar-refractivity contribution is -0.121. The van der Waals surface area contributed by atoms with Crippen LogP contribution in [0.3, 0.4) is 0 Å². The Morgan fingerprint density at radius 2 is 1.97 bits per heavy atom. The van der Waals surface area contributed by atoms with Gasteiger partial charge in [0.05, 0.1) is 0 Å². The average molecular weight is 463 g/mol. The van der Waals surface area contributed by atoms with Crippen LogP contribution < -0.4 is 16.4 Å². The first kappa shape index (κ1) is 23.4. The van der Waals surface area contributed by atoms with E-state index in [2.05, 4.69) is 25.5 Å². The minimum Gasteiger partial charge on any atom is -0.447 e. The van der Waals surface area contributed by atoms with Crippen molar-refractivity contribution in [3.05, 3.63) is 60.3 Å². The molecule has 3 aromatic rings. The molecular weight excluding hydrogens is 432 g/mol. The Hall–Kier alpha value is -3.72. The van der Waals surface area contributed by atoms with Crippen LogP contribution in [0.4, 0.5) is 11.5 Å². The van der Waals surface area contributed by atoms with E-state index >= 15 is 0 Å². The molecule has 0 radical (unpaired) electrons. The summed E-state index contributed by atoms with van der Waals surface area (Å²) in [6.45, 7) is 2.42. The first-order chi connectivity index (χ1) is 16.5. The van der Waals surface area contributed by atoms with E-state index in [0.29, 0.717) is 29.5 Å². The van der Waals surface area contributed by atoms with Gasteiger partial charge in [-0.25, -0.2) is 4.98 Å². The average Bonchev–Trinajstić information content (AvgIpc) is 3.22. The van der Waals surface area contributed by atoms with Crippen LogP contribution in [0.25, 0.3) is 11.1 Å². The summed E-state index contributed by atoms with van der Waals surface area (Å²) in [6.07, 6.45) is 10.5. The van der Waals surface area contributed by atoms with E-state index in [-0.39, 0.29) is 23.3 Å². The monoisotopic (exact) mass is 462 g/mol. The minimum atomic E-state index is -0.498. The Kier molecular flexibility index (Phi) is 7.22. The van der Waals surface area contributed by atoms with E-state index in [1.54, 1.807) is 30.6 Å². The van der Waals surface area contributed by atoms with Crippen molar-refractivity contribution in [2.45, 2.75) is 38.6 Å². The molecule has 3 aromatic heterocycles. The van der Waals surface area contributed by atoms with Gasteiger partial charge in [0.2, 0.25) is 11.7 Å². The van der Waals surface area contributed by atoms with Gasteiger partial charge in [-0.15, -0.1) is 0 Å². The van der Waals surface area contributed by atoms with E-state index in [4.69, 9.17) is 10.2 Å². The highest BCUT2D eigenvalue weighted by Crippen LogP contribution is 2.33. The number of carbonyl (C=O) groups is 2. The molecule has 178 valence electrons. The third-order valence-electron chi connectivity index (χ3n) is 6.17. The lowest BCUT2D eigenvalue weighted by Crippen LogP contribution is -2.35. The van der Waals surface area contributed by atoms with Crippen molar-refractivity contribution in [3.8, 4) is 0 Å². The van der Waals surface area contributed by atoms with Crippen molar-refractivity contribution in [2.24, 2.45) is 11.7 Å². The lowest BCUT2D eigenvalue weighted by atomic mass is 9.85. The number of aromatic nitrogens is 2. The number of nitrogens with one attached hydrogen (secondary N) is 2. The van der Waals surface area contributed by atoms with Crippen LogP contribution in [0.15, 0.2) is 53.4 Å². The van der Waals surface area contributed by atoms with E-state index in [1.807, 2.05) is 32.3 Å². The molecule has 1 fully saturated rings. The van der Waals surface area contributed by atoms with Crippen LogP contribution in [0.2, 0.25) is 0 Å². The molecule has 9 heteroatoms. The molecule has 0 bridgehead atoms. The van der Waals surface area contributed by atoms with E-state index in [0.717, 1.165) is 31.2 Å². The number of amides is 2. The molecule has 0 saturated heterocycles. The first-order valence-corrected chi connectivity index (χ1v) is 11.5. The van der Waals surface area contributed by atoms with Crippen molar-refractivity contribution in [3.63, 3.8) is 0 Å². The van der Waals surface area contributed by atoms with Crippen LogP contribution in [0, 0.1) is 12.8 Å². The van der Waals surface area contributed by atoms with E-state index < -0.39 is 5.91 Å². The SMILES string of the molecule is Cc1ccc(NC(=O)c2oc3cccnc3c2NC(=O)C2CCC(N(C)/C=C/CN)CC2)nc1. The zero-order chi connectivity index (χ0) is 24.1. The number of furan rings is 1. The summed E-state index contributed by atoms with van der Waals surface area (Å²) in [7, 11) is 2.04. The summed E-state index contributed by atoms with van der Waals surface area (Å²) in [5, 5.41) is 5.67. The molecule has 4 N–H and O–H groups in total. The molecule has 3 heterocycles. The van der Waals surface area contributed by atoms with Crippen LogP contribution in [-0.2, 0) is 4.79 Å². The molecule has 1 aliphatic rings. The maximum atomic E-state index is 13.2. The molecule has 0 atom stereocenters. The Morgan fingerprint density at radius 3 is 2.68 bits per heavy atom.